The molecule has 5 amide bonds. The lowest BCUT2D eigenvalue weighted by Gasteiger charge is -2.28. The zero-order chi connectivity index (χ0) is 25.4. The fourth-order valence-corrected chi connectivity index (χ4v) is 5.31. The van der Waals surface area contributed by atoms with Crippen LogP contribution in [-0.4, -0.2) is 79.4 Å². The Kier molecular flexibility index (Phi) is 6.22. The molecule has 3 N–H and O–H groups in total. The molecule has 0 aliphatic carbocycles. The Morgan fingerprint density at radius 3 is 2.61 bits per heavy atom. The molecule has 4 heterocycles. The van der Waals surface area contributed by atoms with Crippen LogP contribution < -0.4 is 10.6 Å². The summed E-state index contributed by atoms with van der Waals surface area (Å²) in [6.07, 6.45) is 1.77. The van der Waals surface area contributed by atoms with E-state index < -0.39 is 23.9 Å². The standard InChI is InChI=1S/C23H24N8O4S/c1-12-10-36-21(26-12)17-7-15(27-20(33)16-8-18(32)30(2)23(35)28-16)9-31(17)22(34)14-5-3-13(4-6-14)19-24-11-25-29-19/h3-6,10-11,15-17H,7-9H2,1-2H3,(H,27,33)(H,28,35)(H,24,25,29)/t15-,16-,17-/m0/s1. The van der Waals surface area contributed by atoms with Gasteiger partial charge in [-0.05, 0) is 25.5 Å². The second kappa shape index (κ2) is 9.49. The summed E-state index contributed by atoms with van der Waals surface area (Å²) < 4.78 is 0. The van der Waals surface area contributed by atoms with Crippen molar-refractivity contribution in [1.82, 2.24) is 40.6 Å². The number of nitrogens with one attached hydrogen (secondary N) is 3. The summed E-state index contributed by atoms with van der Waals surface area (Å²) in [5.41, 5.74) is 2.16. The van der Waals surface area contributed by atoms with Gasteiger partial charge in [-0.15, -0.1) is 11.3 Å². The van der Waals surface area contributed by atoms with Crippen LogP contribution in [-0.2, 0) is 9.59 Å². The first-order valence-corrected chi connectivity index (χ1v) is 12.2. The Labute approximate surface area is 210 Å². The summed E-state index contributed by atoms with van der Waals surface area (Å²) in [5.74, 6) is -0.452. The highest BCUT2D eigenvalue weighted by atomic mass is 32.1. The number of imide groups is 1. The van der Waals surface area contributed by atoms with Crippen molar-refractivity contribution in [2.45, 2.75) is 37.9 Å². The monoisotopic (exact) mass is 508 g/mol. The third-order valence-electron chi connectivity index (χ3n) is 6.32. The normalized spacial score (nSPS) is 22.0. The van der Waals surface area contributed by atoms with Crippen molar-refractivity contribution in [1.29, 1.82) is 0 Å². The van der Waals surface area contributed by atoms with Crippen LogP contribution >= 0.6 is 11.3 Å². The molecule has 0 unspecified atom stereocenters. The summed E-state index contributed by atoms with van der Waals surface area (Å²) in [4.78, 5) is 61.7. The van der Waals surface area contributed by atoms with Gasteiger partial charge in [-0.2, -0.15) is 5.10 Å². The van der Waals surface area contributed by atoms with E-state index in [2.05, 4.69) is 30.8 Å². The van der Waals surface area contributed by atoms with Gasteiger partial charge in [0.05, 0.1) is 12.5 Å². The molecule has 13 heteroatoms. The Balaban J connectivity index is 1.33. The van der Waals surface area contributed by atoms with Crippen LogP contribution in [0.5, 0.6) is 0 Å². The molecule has 5 rings (SSSR count). The van der Waals surface area contributed by atoms with E-state index in [9.17, 15) is 19.2 Å². The van der Waals surface area contributed by atoms with Gasteiger partial charge in [0.15, 0.2) is 5.82 Å². The van der Waals surface area contributed by atoms with E-state index in [1.807, 2.05) is 12.3 Å². The van der Waals surface area contributed by atoms with E-state index in [-0.39, 0.29) is 31.0 Å². The van der Waals surface area contributed by atoms with Crippen LogP contribution in [0.2, 0.25) is 0 Å². The maximum absolute atomic E-state index is 13.5. The van der Waals surface area contributed by atoms with E-state index in [1.165, 1.54) is 24.7 Å². The van der Waals surface area contributed by atoms with Crippen LogP contribution in [0, 0.1) is 6.92 Å². The van der Waals surface area contributed by atoms with Gasteiger partial charge >= 0.3 is 6.03 Å². The van der Waals surface area contributed by atoms with Crippen molar-refractivity contribution >= 4 is 35.1 Å². The van der Waals surface area contributed by atoms with E-state index in [4.69, 9.17) is 0 Å². The number of aromatic amines is 1. The largest absolute Gasteiger partial charge is 0.350 e. The molecular weight excluding hydrogens is 484 g/mol. The molecule has 2 saturated heterocycles. The van der Waals surface area contributed by atoms with Gasteiger partial charge in [-0.25, -0.2) is 14.8 Å². The number of hydrogen-bond acceptors (Lipinski definition) is 8. The summed E-state index contributed by atoms with van der Waals surface area (Å²) in [5, 5.41) is 14.8. The first-order valence-electron chi connectivity index (χ1n) is 11.4. The van der Waals surface area contributed by atoms with E-state index in [0.29, 0.717) is 17.8 Å². The minimum absolute atomic E-state index is 0.115. The number of nitrogens with zero attached hydrogens (tertiary/aromatic N) is 5. The number of H-pyrrole nitrogens is 1. The number of amides is 5. The van der Waals surface area contributed by atoms with Crippen molar-refractivity contribution in [3.05, 3.63) is 52.2 Å². The molecule has 0 bridgehead atoms. The molecule has 3 atom stereocenters. The molecule has 2 aliphatic heterocycles. The number of likely N-dealkylation sites (tertiary alicyclic amines) is 1. The first kappa shape index (κ1) is 23.6. The lowest BCUT2D eigenvalue weighted by molar-refractivity contribution is -0.134. The third kappa shape index (κ3) is 4.56. The molecule has 3 aromatic rings. The molecular formula is C23H24N8O4S. The predicted octanol–water partition coefficient (Wildman–Crippen LogP) is 1.25. The first-order chi connectivity index (χ1) is 17.3. The quantitative estimate of drug-likeness (QED) is 0.469. The van der Waals surface area contributed by atoms with Crippen molar-refractivity contribution in [3.8, 4) is 11.4 Å². The smallest absolute Gasteiger partial charge is 0.324 e. The average molecular weight is 509 g/mol. The molecule has 0 radical (unpaired) electrons. The van der Waals surface area contributed by atoms with E-state index in [1.54, 1.807) is 29.2 Å². The Hall–Kier alpha value is -4.13. The number of carbonyl (C=O) groups excluding carboxylic acids is 4. The van der Waals surface area contributed by atoms with Crippen LogP contribution in [0.3, 0.4) is 0 Å². The third-order valence-corrected chi connectivity index (χ3v) is 7.39. The van der Waals surface area contributed by atoms with Crippen LogP contribution in [0.15, 0.2) is 36.0 Å². The number of hydrogen-bond donors (Lipinski definition) is 3. The Morgan fingerprint density at radius 2 is 1.97 bits per heavy atom. The van der Waals surface area contributed by atoms with Crippen molar-refractivity contribution < 1.29 is 19.2 Å². The van der Waals surface area contributed by atoms with Crippen LogP contribution in [0.4, 0.5) is 4.79 Å². The Bertz CT molecular complexity index is 1290. The molecule has 2 fully saturated rings. The van der Waals surface area contributed by atoms with Gasteiger partial charge in [0, 0.05) is 41.8 Å². The zero-order valence-corrected chi connectivity index (χ0v) is 20.4. The van der Waals surface area contributed by atoms with E-state index >= 15 is 0 Å². The number of benzene rings is 1. The molecule has 1 aromatic carbocycles. The number of aryl methyl sites for hydroxylation is 1. The van der Waals surface area contributed by atoms with Gasteiger partial charge in [0.25, 0.3) is 5.91 Å². The topological polar surface area (TPSA) is 153 Å². The fraction of sp³-hybridized carbons (Fsp3) is 0.348. The highest BCUT2D eigenvalue weighted by Gasteiger charge is 2.41. The number of rotatable bonds is 5. The summed E-state index contributed by atoms with van der Waals surface area (Å²) in [6, 6.07) is 4.82. The highest BCUT2D eigenvalue weighted by molar-refractivity contribution is 7.09. The summed E-state index contributed by atoms with van der Waals surface area (Å²) in [7, 11) is 1.37. The lowest BCUT2D eigenvalue weighted by atomic mass is 10.1. The molecule has 2 aliphatic rings. The van der Waals surface area contributed by atoms with Gasteiger partial charge in [0.2, 0.25) is 11.8 Å². The summed E-state index contributed by atoms with van der Waals surface area (Å²) >= 11 is 1.47. The fourth-order valence-electron chi connectivity index (χ4n) is 4.39. The van der Waals surface area contributed by atoms with Gasteiger partial charge in [-0.1, -0.05) is 12.1 Å². The maximum atomic E-state index is 13.5. The molecule has 186 valence electrons. The van der Waals surface area contributed by atoms with Crippen molar-refractivity contribution in [2.24, 2.45) is 0 Å². The molecule has 36 heavy (non-hydrogen) atoms. The summed E-state index contributed by atoms with van der Waals surface area (Å²) in [6.45, 7) is 2.16. The minimum Gasteiger partial charge on any atom is -0.350 e. The van der Waals surface area contributed by atoms with Crippen molar-refractivity contribution in [3.63, 3.8) is 0 Å². The average Bonchev–Trinajstić information content (AvgIpc) is 3.63. The predicted molar refractivity (Wildman–Crippen MR) is 129 cm³/mol. The maximum Gasteiger partial charge on any atom is 0.324 e. The molecule has 0 spiro atoms. The number of aromatic nitrogens is 4. The van der Waals surface area contributed by atoms with Gasteiger partial charge in [-0.3, -0.25) is 24.4 Å². The number of urea groups is 1. The van der Waals surface area contributed by atoms with E-state index in [0.717, 1.165) is 21.2 Å². The number of thiazole rings is 1. The SMILES string of the molecule is Cc1csc([C@@H]2C[C@H](NC(=O)[C@@H]3CC(=O)N(C)C(=O)N3)CN2C(=O)c2ccc(-c3ncn[nH]3)cc2)n1. The van der Waals surface area contributed by atoms with Gasteiger partial charge < -0.3 is 15.5 Å². The molecule has 2 aromatic heterocycles. The zero-order valence-electron chi connectivity index (χ0n) is 19.6. The number of carbonyl (C=O) groups is 4. The van der Waals surface area contributed by atoms with Crippen LogP contribution in [0.1, 0.15) is 39.9 Å². The van der Waals surface area contributed by atoms with Gasteiger partial charge in [0.1, 0.15) is 17.4 Å². The highest BCUT2D eigenvalue weighted by Crippen LogP contribution is 2.35. The van der Waals surface area contributed by atoms with Crippen LogP contribution in [0.25, 0.3) is 11.4 Å². The second-order valence-electron chi connectivity index (χ2n) is 8.81. The van der Waals surface area contributed by atoms with Crippen molar-refractivity contribution in [2.75, 3.05) is 13.6 Å². The molecule has 0 saturated carbocycles. The molecule has 12 nitrogen and oxygen atoms in total. The lowest BCUT2D eigenvalue weighted by Crippen LogP contribution is -2.59. The Morgan fingerprint density at radius 1 is 1.19 bits per heavy atom. The second-order valence-corrected chi connectivity index (χ2v) is 9.70. The minimum atomic E-state index is -0.949.